The lowest BCUT2D eigenvalue weighted by atomic mass is 10.0. The van der Waals surface area contributed by atoms with Crippen LogP contribution in [-0.4, -0.2) is 30.1 Å². The molecule has 2 aromatic rings. The Labute approximate surface area is 128 Å². The highest BCUT2D eigenvalue weighted by Gasteiger charge is 2.27. The summed E-state index contributed by atoms with van der Waals surface area (Å²) in [5.74, 6) is -1.77. The van der Waals surface area contributed by atoms with E-state index in [4.69, 9.17) is 9.15 Å². The number of aliphatic carboxylic acids is 1. The summed E-state index contributed by atoms with van der Waals surface area (Å²) in [5.41, 5.74) is 1.18. The fourth-order valence-corrected chi connectivity index (χ4v) is 2.29. The second-order valence-electron chi connectivity index (χ2n) is 5.37. The van der Waals surface area contributed by atoms with E-state index in [0.29, 0.717) is 11.1 Å². The van der Waals surface area contributed by atoms with E-state index in [1.807, 2.05) is 12.1 Å². The van der Waals surface area contributed by atoms with Gasteiger partial charge in [0.05, 0.1) is 6.61 Å². The molecule has 0 fully saturated rings. The first-order valence-electron chi connectivity index (χ1n) is 6.98. The molecule has 1 heterocycles. The first-order valence-corrected chi connectivity index (χ1v) is 6.98. The zero-order chi connectivity index (χ0) is 16.3. The highest BCUT2D eigenvalue weighted by atomic mass is 16.5. The molecular formula is C16H19NO5. The van der Waals surface area contributed by atoms with Crippen molar-refractivity contribution < 1.29 is 23.8 Å². The molecule has 1 amide bonds. The number of hydrogen-bond donors (Lipinski definition) is 2. The van der Waals surface area contributed by atoms with Crippen LogP contribution in [0.25, 0.3) is 11.0 Å². The summed E-state index contributed by atoms with van der Waals surface area (Å²) in [5, 5.41) is 12.5. The van der Waals surface area contributed by atoms with E-state index >= 15 is 0 Å². The van der Waals surface area contributed by atoms with E-state index < -0.39 is 17.9 Å². The fourth-order valence-electron chi connectivity index (χ4n) is 2.29. The van der Waals surface area contributed by atoms with Gasteiger partial charge in [-0.2, -0.15) is 0 Å². The first kappa shape index (κ1) is 16.0. The minimum absolute atomic E-state index is 0.0925. The van der Waals surface area contributed by atoms with Gasteiger partial charge in [-0.25, -0.2) is 4.79 Å². The molecule has 0 radical (unpaired) electrons. The zero-order valence-corrected chi connectivity index (χ0v) is 12.8. The van der Waals surface area contributed by atoms with Gasteiger partial charge in [-0.15, -0.1) is 0 Å². The Morgan fingerprint density at radius 3 is 2.59 bits per heavy atom. The summed E-state index contributed by atoms with van der Waals surface area (Å²) in [6.45, 7) is 3.67. The average Bonchev–Trinajstić information content (AvgIpc) is 2.83. The molecule has 6 heteroatoms. The van der Waals surface area contributed by atoms with Gasteiger partial charge in [0.15, 0.2) is 5.76 Å². The number of carboxylic acid groups (broad SMARTS) is 1. The Bertz CT molecular complexity index is 689. The van der Waals surface area contributed by atoms with Gasteiger partial charge in [0.1, 0.15) is 11.6 Å². The molecule has 118 valence electrons. The predicted molar refractivity (Wildman–Crippen MR) is 80.7 cm³/mol. The molecule has 1 unspecified atom stereocenters. The lowest BCUT2D eigenvalue weighted by Crippen LogP contribution is -2.44. The summed E-state index contributed by atoms with van der Waals surface area (Å²) in [7, 11) is 1.53. The second kappa shape index (κ2) is 6.62. The van der Waals surface area contributed by atoms with Crippen molar-refractivity contribution in [2.75, 3.05) is 7.11 Å². The van der Waals surface area contributed by atoms with E-state index in [1.54, 1.807) is 26.0 Å². The molecule has 1 atom stereocenters. The number of fused-ring (bicyclic) bond motifs is 1. The maximum Gasteiger partial charge on any atom is 0.326 e. The summed E-state index contributed by atoms with van der Waals surface area (Å²) >= 11 is 0. The number of para-hydroxylation sites is 1. The Hall–Kier alpha value is -2.34. The molecule has 1 aromatic carbocycles. The SMILES string of the molecule is COCc1c(C(=O)NC(C(=O)O)C(C)C)oc2ccccc12. The van der Waals surface area contributed by atoms with Gasteiger partial charge in [0, 0.05) is 18.1 Å². The van der Waals surface area contributed by atoms with Crippen molar-refractivity contribution in [3.8, 4) is 0 Å². The number of rotatable bonds is 6. The average molecular weight is 305 g/mol. The van der Waals surface area contributed by atoms with Gasteiger partial charge < -0.3 is 19.6 Å². The molecule has 1 aromatic heterocycles. The molecule has 6 nitrogen and oxygen atoms in total. The molecule has 0 aliphatic carbocycles. The lowest BCUT2D eigenvalue weighted by Gasteiger charge is -2.17. The molecule has 22 heavy (non-hydrogen) atoms. The summed E-state index contributed by atoms with van der Waals surface area (Å²) in [4.78, 5) is 23.6. The van der Waals surface area contributed by atoms with Crippen LogP contribution in [0.15, 0.2) is 28.7 Å². The molecule has 0 saturated heterocycles. The van der Waals surface area contributed by atoms with Gasteiger partial charge in [-0.3, -0.25) is 4.79 Å². The minimum atomic E-state index is -1.08. The van der Waals surface area contributed by atoms with Gasteiger partial charge >= 0.3 is 5.97 Å². The third kappa shape index (κ3) is 3.12. The van der Waals surface area contributed by atoms with E-state index in [0.717, 1.165) is 5.39 Å². The standard InChI is InChI=1S/C16H19NO5/c1-9(2)13(16(19)20)17-15(18)14-11(8-21-3)10-6-4-5-7-12(10)22-14/h4-7,9,13H,8H2,1-3H3,(H,17,18)(H,19,20). The van der Waals surface area contributed by atoms with Crippen molar-refractivity contribution in [2.24, 2.45) is 5.92 Å². The van der Waals surface area contributed by atoms with Gasteiger partial charge in [0.25, 0.3) is 5.91 Å². The van der Waals surface area contributed by atoms with Gasteiger partial charge in [-0.1, -0.05) is 32.0 Å². The number of amides is 1. The molecule has 0 spiro atoms. The third-order valence-corrected chi connectivity index (χ3v) is 3.41. The number of nitrogens with one attached hydrogen (secondary N) is 1. The number of carbonyl (C=O) groups excluding carboxylic acids is 1. The van der Waals surface area contributed by atoms with Crippen molar-refractivity contribution in [3.63, 3.8) is 0 Å². The maximum atomic E-state index is 12.4. The van der Waals surface area contributed by atoms with Gasteiger partial charge in [-0.05, 0) is 12.0 Å². The number of methoxy groups -OCH3 is 1. The van der Waals surface area contributed by atoms with Crippen LogP contribution in [0.2, 0.25) is 0 Å². The summed E-state index contributed by atoms with van der Waals surface area (Å²) in [6.07, 6.45) is 0. The van der Waals surface area contributed by atoms with E-state index in [2.05, 4.69) is 5.32 Å². The topological polar surface area (TPSA) is 88.8 Å². The number of carboxylic acids is 1. The number of carbonyl (C=O) groups is 2. The second-order valence-corrected chi connectivity index (χ2v) is 5.37. The van der Waals surface area contributed by atoms with Crippen LogP contribution in [-0.2, 0) is 16.1 Å². The van der Waals surface area contributed by atoms with Gasteiger partial charge in [0.2, 0.25) is 0 Å². The molecule has 0 aliphatic rings. The largest absolute Gasteiger partial charge is 0.480 e. The Morgan fingerprint density at radius 1 is 1.32 bits per heavy atom. The van der Waals surface area contributed by atoms with Crippen LogP contribution in [0.5, 0.6) is 0 Å². The molecule has 0 aliphatic heterocycles. The molecule has 2 N–H and O–H groups in total. The molecular weight excluding hydrogens is 286 g/mol. The Kier molecular flexibility index (Phi) is 4.82. The van der Waals surface area contributed by atoms with Crippen LogP contribution >= 0.6 is 0 Å². The summed E-state index contributed by atoms with van der Waals surface area (Å²) < 4.78 is 10.7. The van der Waals surface area contributed by atoms with E-state index in [1.165, 1.54) is 7.11 Å². The zero-order valence-electron chi connectivity index (χ0n) is 12.8. The van der Waals surface area contributed by atoms with Crippen molar-refractivity contribution in [2.45, 2.75) is 26.5 Å². The highest BCUT2D eigenvalue weighted by Crippen LogP contribution is 2.26. The maximum absolute atomic E-state index is 12.4. The third-order valence-electron chi connectivity index (χ3n) is 3.41. The lowest BCUT2D eigenvalue weighted by molar-refractivity contribution is -0.140. The monoisotopic (exact) mass is 305 g/mol. The number of benzene rings is 1. The smallest absolute Gasteiger partial charge is 0.326 e. The fraction of sp³-hybridized carbons (Fsp3) is 0.375. The van der Waals surface area contributed by atoms with Crippen molar-refractivity contribution >= 4 is 22.8 Å². The van der Waals surface area contributed by atoms with Crippen LogP contribution in [0.1, 0.15) is 30.0 Å². The number of furan rings is 1. The van der Waals surface area contributed by atoms with Crippen LogP contribution in [0.3, 0.4) is 0 Å². The van der Waals surface area contributed by atoms with Crippen molar-refractivity contribution in [1.29, 1.82) is 0 Å². The quantitative estimate of drug-likeness (QED) is 0.855. The number of hydrogen-bond acceptors (Lipinski definition) is 4. The molecule has 0 saturated carbocycles. The predicted octanol–water partition coefficient (Wildman–Crippen LogP) is 2.42. The van der Waals surface area contributed by atoms with Crippen molar-refractivity contribution in [1.82, 2.24) is 5.32 Å². The summed E-state index contributed by atoms with van der Waals surface area (Å²) in [6, 6.07) is 6.25. The normalized spacial score (nSPS) is 12.5. The highest BCUT2D eigenvalue weighted by molar-refractivity contribution is 6.00. The van der Waals surface area contributed by atoms with E-state index in [9.17, 15) is 14.7 Å². The minimum Gasteiger partial charge on any atom is -0.480 e. The van der Waals surface area contributed by atoms with Crippen molar-refractivity contribution in [3.05, 3.63) is 35.6 Å². The molecule has 0 bridgehead atoms. The number of ether oxygens (including phenoxy) is 1. The van der Waals surface area contributed by atoms with Crippen LogP contribution in [0, 0.1) is 5.92 Å². The van der Waals surface area contributed by atoms with Crippen LogP contribution < -0.4 is 5.32 Å². The Morgan fingerprint density at radius 2 is 2.00 bits per heavy atom. The Balaban J connectivity index is 2.38. The molecule has 2 rings (SSSR count). The van der Waals surface area contributed by atoms with Crippen LogP contribution in [0.4, 0.5) is 0 Å². The van der Waals surface area contributed by atoms with E-state index in [-0.39, 0.29) is 18.3 Å². The first-order chi connectivity index (χ1) is 10.5.